The highest BCUT2D eigenvalue weighted by atomic mass is 16.4. The van der Waals surface area contributed by atoms with Gasteiger partial charge in [0.2, 0.25) is 0 Å². The number of carboxylic acid groups (broad SMARTS) is 1. The molecule has 0 heterocycles. The summed E-state index contributed by atoms with van der Waals surface area (Å²) in [6.07, 6.45) is 20.5. The quantitative estimate of drug-likeness (QED) is 0.384. The zero-order chi connectivity index (χ0) is 15.8. The van der Waals surface area contributed by atoms with Crippen LogP contribution < -0.4 is 0 Å². The van der Waals surface area contributed by atoms with Gasteiger partial charge in [0.25, 0.3) is 0 Å². The summed E-state index contributed by atoms with van der Waals surface area (Å²) in [5, 5.41) is 17.6. The fourth-order valence-electron chi connectivity index (χ4n) is 1.90. The molecule has 0 saturated carbocycles. The molecule has 0 saturated heterocycles. The van der Waals surface area contributed by atoms with E-state index in [1.165, 1.54) is 0 Å². The standard InChI is InChI=1S/C18H30O3/c1-2-3-4-5-6-7-8-9-10-11-12-13-14-15-16-17(19)18(20)21/h3-4,6-7,9-10,17,19H,2,5,8,11-16H2,1H3,(H,20,21). The molecular weight excluding hydrogens is 264 g/mol. The van der Waals surface area contributed by atoms with Crippen molar-refractivity contribution >= 4 is 5.97 Å². The van der Waals surface area contributed by atoms with Gasteiger partial charge in [0.15, 0.2) is 6.10 Å². The Morgan fingerprint density at radius 3 is 2.10 bits per heavy atom. The van der Waals surface area contributed by atoms with Crippen molar-refractivity contribution < 1.29 is 15.0 Å². The first-order valence-electron chi connectivity index (χ1n) is 8.04. The average Bonchev–Trinajstić information content (AvgIpc) is 2.47. The second-order valence-corrected chi connectivity index (χ2v) is 5.14. The molecule has 0 aliphatic heterocycles. The van der Waals surface area contributed by atoms with Gasteiger partial charge in [-0.2, -0.15) is 0 Å². The molecule has 0 amide bonds. The minimum absolute atomic E-state index is 0.364. The lowest BCUT2D eigenvalue weighted by Crippen LogP contribution is -2.18. The molecule has 0 bridgehead atoms. The Kier molecular flexibility index (Phi) is 14.1. The molecule has 0 aromatic rings. The Morgan fingerprint density at radius 1 is 0.905 bits per heavy atom. The van der Waals surface area contributed by atoms with E-state index < -0.39 is 12.1 Å². The van der Waals surface area contributed by atoms with Crippen LogP contribution >= 0.6 is 0 Å². The molecule has 3 heteroatoms. The number of unbranched alkanes of at least 4 members (excludes halogenated alkanes) is 4. The summed E-state index contributed by atoms with van der Waals surface area (Å²) in [4.78, 5) is 10.4. The second-order valence-electron chi connectivity index (χ2n) is 5.14. The van der Waals surface area contributed by atoms with E-state index in [0.29, 0.717) is 6.42 Å². The van der Waals surface area contributed by atoms with Crippen LogP contribution in [0.4, 0.5) is 0 Å². The van der Waals surface area contributed by atoms with E-state index >= 15 is 0 Å². The minimum Gasteiger partial charge on any atom is -0.479 e. The average molecular weight is 294 g/mol. The van der Waals surface area contributed by atoms with Gasteiger partial charge in [-0.05, 0) is 38.5 Å². The van der Waals surface area contributed by atoms with E-state index in [4.69, 9.17) is 10.2 Å². The van der Waals surface area contributed by atoms with Crippen LogP contribution in [0.5, 0.6) is 0 Å². The molecule has 0 radical (unpaired) electrons. The van der Waals surface area contributed by atoms with E-state index in [0.717, 1.165) is 51.4 Å². The van der Waals surface area contributed by atoms with Crippen molar-refractivity contribution in [3.8, 4) is 0 Å². The van der Waals surface area contributed by atoms with Crippen LogP contribution in [0, 0.1) is 0 Å². The molecule has 0 spiro atoms. The molecule has 0 aliphatic rings. The second kappa shape index (κ2) is 15.0. The predicted octanol–water partition coefficient (Wildman–Crippen LogP) is 4.63. The predicted molar refractivity (Wildman–Crippen MR) is 88.3 cm³/mol. The number of hydrogen-bond donors (Lipinski definition) is 2. The molecule has 1 unspecified atom stereocenters. The van der Waals surface area contributed by atoms with Crippen LogP contribution in [-0.2, 0) is 4.79 Å². The van der Waals surface area contributed by atoms with Crippen LogP contribution in [0.3, 0.4) is 0 Å². The zero-order valence-corrected chi connectivity index (χ0v) is 13.2. The maximum Gasteiger partial charge on any atom is 0.332 e. The fourth-order valence-corrected chi connectivity index (χ4v) is 1.90. The molecule has 0 aromatic carbocycles. The maximum atomic E-state index is 10.4. The normalized spacial score (nSPS) is 13.6. The summed E-state index contributed by atoms with van der Waals surface area (Å²) >= 11 is 0. The largest absolute Gasteiger partial charge is 0.479 e. The first-order chi connectivity index (χ1) is 10.2. The van der Waals surface area contributed by atoms with Crippen LogP contribution in [-0.4, -0.2) is 22.3 Å². The number of aliphatic carboxylic acids is 1. The van der Waals surface area contributed by atoms with Crippen molar-refractivity contribution in [2.75, 3.05) is 0 Å². The Hall–Kier alpha value is -1.35. The van der Waals surface area contributed by atoms with Gasteiger partial charge < -0.3 is 10.2 Å². The van der Waals surface area contributed by atoms with Gasteiger partial charge in [-0.15, -0.1) is 0 Å². The minimum atomic E-state index is -1.19. The van der Waals surface area contributed by atoms with Crippen LogP contribution in [0.15, 0.2) is 36.5 Å². The molecule has 0 rings (SSSR count). The van der Waals surface area contributed by atoms with Crippen LogP contribution in [0.25, 0.3) is 0 Å². The van der Waals surface area contributed by atoms with Crippen molar-refractivity contribution in [3.63, 3.8) is 0 Å². The highest BCUT2D eigenvalue weighted by Gasteiger charge is 2.11. The molecule has 0 aliphatic carbocycles. The number of aliphatic hydroxyl groups is 1. The van der Waals surface area contributed by atoms with Gasteiger partial charge in [0, 0.05) is 0 Å². The molecule has 0 aromatic heterocycles. The smallest absolute Gasteiger partial charge is 0.332 e. The monoisotopic (exact) mass is 294 g/mol. The Balaban J connectivity index is 3.33. The topological polar surface area (TPSA) is 57.5 Å². The first kappa shape index (κ1) is 19.7. The highest BCUT2D eigenvalue weighted by Crippen LogP contribution is 2.08. The van der Waals surface area contributed by atoms with Gasteiger partial charge in [0.05, 0.1) is 0 Å². The molecule has 3 nitrogen and oxygen atoms in total. The van der Waals surface area contributed by atoms with E-state index in [1.807, 2.05) is 0 Å². The summed E-state index contributed by atoms with van der Waals surface area (Å²) in [5.74, 6) is -1.11. The summed E-state index contributed by atoms with van der Waals surface area (Å²) < 4.78 is 0. The van der Waals surface area contributed by atoms with Gasteiger partial charge in [-0.1, -0.05) is 62.6 Å². The Bertz CT molecular complexity index is 329. The number of aliphatic hydroxyl groups excluding tert-OH is 1. The SMILES string of the molecule is CCC=CCC=CCC=CCCCCCCC(O)C(=O)O. The third-order valence-corrected chi connectivity index (χ3v) is 3.16. The van der Waals surface area contributed by atoms with Crippen LogP contribution in [0.1, 0.15) is 64.7 Å². The summed E-state index contributed by atoms with van der Waals surface area (Å²) in [7, 11) is 0. The number of hydrogen-bond acceptors (Lipinski definition) is 2. The van der Waals surface area contributed by atoms with Gasteiger partial charge in [-0.25, -0.2) is 4.79 Å². The molecule has 21 heavy (non-hydrogen) atoms. The van der Waals surface area contributed by atoms with Crippen molar-refractivity contribution in [1.29, 1.82) is 0 Å². The van der Waals surface area contributed by atoms with Gasteiger partial charge in [-0.3, -0.25) is 0 Å². The number of carboxylic acids is 1. The third-order valence-electron chi connectivity index (χ3n) is 3.16. The van der Waals surface area contributed by atoms with Crippen LogP contribution in [0.2, 0.25) is 0 Å². The third kappa shape index (κ3) is 14.9. The molecule has 1 atom stereocenters. The lowest BCUT2D eigenvalue weighted by atomic mass is 10.1. The van der Waals surface area contributed by atoms with E-state index in [2.05, 4.69) is 43.4 Å². The van der Waals surface area contributed by atoms with Gasteiger partial charge >= 0.3 is 5.97 Å². The summed E-state index contributed by atoms with van der Waals surface area (Å²) in [5.41, 5.74) is 0. The zero-order valence-electron chi connectivity index (χ0n) is 13.2. The van der Waals surface area contributed by atoms with E-state index in [1.54, 1.807) is 0 Å². The van der Waals surface area contributed by atoms with Crippen molar-refractivity contribution in [2.24, 2.45) is 0 Å². The molecular formula is C18H30O3. The lowest BCUT2D eigenvalue weighted by molar-refractivity contribution is -0.146. The summed E-state index contributed by atoms with van der Waals surface area (Å²) in [6.45, 7) is 2.14. The van der Waals surface area contributed by atoms with Gasteiger partial charge in [0.1, 0.15) is 0 Å². The lowest BCUT2D eigenvalue weighted by Gasteiger charge is -2.04. The summed E-state index contributed by atoms with van der Waals surface area (Å²) in [6, 6.07) is 0. The Labute approximate surface area is 129 Å². The molecule has 0 fully saturated rings. The van der Waals surface area contributed by atoms with Crippen molar-refractivity contribution in [1.82, 2.24) is 0 Å². The van der Waals surface area contributed by atoms with E-state index in [-0.39, 0.29) is 0 Å². The maximum absolute atomic E-state index is 10.4. The number of carbonyl (C=O) groups is 1. The number of rotatable bonds is 13. The number of allylic oxidation sites excluding steroid dienone is 6. The molecule has 2 N–H and O–H groups in total. The fraction of sp³-hybridized carbons (Fsp3) is 0.611. The Morgan fingerprint density at radius 2 is 1.48 bits per heavy atom. The molecule has 120 valence electrons. The van der Waals surface area contributed by atoms with Crippen molar-refractivity contribution in [3.05, 3.63) is 36.5 Å². The first-order valence-corrected chi connectivity index (χ1v) is 8.04. The highest BCUT2D eigenvalue weighted by molar-refractivity contribution is 5.71. The van der Waals surface area contributed by atoms with E-state index in [9.17, 15) is 4.79 Å². The van der Waals surface area contributed by atoms with Crippen molar-refractivity contribution in [2.45, 2.75) is 70.8 Å².